The minimum absolute atomic E-state index is 0.0354. The van der Waals surface area contributed by atoms with Gasteiger partial charge in [-0.1, -0.05) is 18.2 Å². The van der Waals surface area contributed by atoms with Crippen LogP contribution < -0.4 is 15.4 Å². The Labute approximate surface area is 179 Å². The van der Waals surface area contributed by atoms with Crippen molar-refractivity contribution in [3.63, 3.8) is 0 Å². The van der Waals surface area contributed by atoms with E-state index in [1.807, 2.05) is 13.8 Å². The lowest BCUT2D eigenvalue weighted by Gasteiger charge is -2.13. The lowest BCUT2D eigenvalue weighted by molar-refractivity contribution is 0.0944. The number of carbonyl (C=O) groups is 2. The first-order chi connectivity index (χ1) is 14.3. The van der Waals surface area contributed by atoms with Crippen LogP contribution >= 0.6 is 11.3 Å². The quantitative estimate of drug-likeness (QED) is 0.514. The van der Waals surface area contributed by atoms with E-state index in [1.54, 1.807) is 35.7 Å². The van der Waals surface area contributed by atoms with Gasteiger partial charge in [0.1, 0.15) is 4.21 Å². The molecule has 0 saturated carbocycles. The number of amides is 2. The lowest BCUT2D eigenvalue weighted by atomic mass is 10.1. The molecule has 3 rings (SSSR count). The summed E-state index contributed by atoms with van der Waals surface area (Å²) in [6.45, 7) is 3.71. The van der Waals surface area contributed by atoms with Gasteiger partial charge in [-0.3, -0.25) is 14.3 Å². The van der Waals surface area contributed by atoms with Crippen molar-refractivity contribution < 1.29 is 18.0 Å². The first-order valence-corrected chi connectivity index (χ1v) is 11.5. The summed E-state index contributed by atoms with van der Waals surface area (Å²) in [5, 5.41) is 7.21. The van der Waals surface area contributed by atoms with Crippen LogP contribution in [0.3, 0.4) is 0 Å². The molecule has 0 aliphatic heterocycles. The van der Waals surface area contributed by atoms with Crippen molar-refractivity contribution in [2.75, 3.05) is 10.0 Å². The molecule has 0 aliphatic carbocycles. The van der Waals surface area contributed by atoms with Crippen LogP contribution in [0.15, 0.2) is 70.3 Å². The van der Waals surface area contributed by atoms with Gasteiger partial charge in [-0.15, -0.1) is 11.3 Å². The summed E-state index contributed by atoms with van der Waals surface area (Å²) in [6.07, 6.45) is 0. The van der Waals surface area contributed by atoms with E-state index in [0.29, 0.717) is 22.5 Å². The van der Waals surface area contributed by atoms with E-state index >= 15 is 0 Å². The monoisotopic (exact) mass is 443 g/mol. The molecule has 0 bridgehead atoms. The number of nitrogens with one attached hydrogen (secondary N) is 3. The predicted molar refractivity (Wildman–Crippen MR) is 119 cm³/mol. The minimum atomic E-state index is -3.65. The number of para-hydroxylation sites is 1. The van der Waals surface area contributed by atoms with E-state index in [0.717, 1.165) is 11.3 Å². The fourth-order valence-corrected chi connectivity index (χ4v) is 4.69. The summed E-state index contributed by atoms with van der Waals surface area (Å²) in [5.41, 5.74) is 1.42. The lowest BCUT2D eigenvalue weighted by Crippen LogP contribution is -2.31. The number of rotatable bonds is 7. The largest absolute Gasteiger partial charge is 0.350 e. The van der Waals surface area contributed by atoms with Crippen molar-refractivity contribution in [3.05, 3.63) is 77.2 Å². The predicted octanol–water partition coefficient (Wildman–Crippen LogP) is 3.94. The first kappa shape index (κ1) is 21.5. The zero-order valence-corrected chi connectivity index (χ0v) is 18.0. The standard InChI is InChI=1S/C21H21N3O4S2/c1-14(2)22-21(26)17-6-3-4-7-18(17)23-20(25)15-9-11-16(12-10-15)24-30(27,28)19-8-5-13-29-19/h3-14,24H,1-2H3,(H,22,26)(H,23,25). The van der Waals surface area contributed by atoms with Gasteiger partial charge in [-0.25, -0.2) is 8.42 Å². The fraction of sp³-hybridized carbons (Fsp3) is 0.143. The number of anilines is 2. The molecule has 0 radical (unpaired) electrons. The molecule has 0 fully saturated rings. The summed E-state index contributed by atoms with van der Waals surface area (Å²) in [6, 6.07) is 15.9. The zero-order valence-electron chi connectivity index (χ0n) is 16.4. The van der Waals surface area contributed by atoms with Crippen LogP contribution in [0.1, 0.15) is 34.6 Å². The van der Waals surface area contributed by atoms with Crippen LogP contribution in [-0.2, 0) is 10.0 Å². The molecule has 2 amide bonds. The third-order valence-corrected chi connectivity index (χ3v) is 6.78. The molecule has 0 saturated heterocycles. The Morgan fingerprint density at radius 1 is 0.900 bits per heavy atom. The Morgan fingerprint density at radius 3 is 2.23 bits per heavy atom. The molecule has 0 unspecified atom stereocenters. The topological polar surface area (TPSA) is 104 Å². The highest BCUT2D eigenvalue weighted by Gasteiger charge is 2.17. The van der Waals surface area contributed by atoms with Crippen LogP contribution in [-0.4, -0.2) is 26.3 Å². The first-order valence-electron chi connectivity index (χ1n) is 9.14. The van der Waals surface area contributed by atoms with E-state index < -0.39 is 15.9 Å². The van der Waals surface area contributed by atoms with Crippen molar-refractivity contribution in [3.8, 4) is 0 Å². The highest BCUT2D eigenvalue weighted by molar-refractivity contribution is 7.94. The van der Waals surface area contributed by atoms with Crippen LogP contribution in [0.5, 0.6) is 0 Å². The van der Waals surface area contributed by atoms with Crippen molar-refractivity contribution in [2.24, 2.45) is 0 Å². The number of benzene rings is 2. The smallest absolute Gasteiger partial charge is 0.271 e. The Balaban J connectivity index is 1.72. The normalized spacial score (nSPS) is 11.2. The molecule has 9 heteroatoms. The summed E-state index contributed by atoms with van der Waals surface area (Å²) in [4.78, 5) is 25.0. The molecule has 7 nitrogen and oxygen atoms in total. The molecule has 1 aromatic heterocycles. The van der Waals surface area contributed by atoms with Gasteiger partial charge in [0, 0.05) is 17.3 Å². The number of thiophene rings is 1. The number of sulfonamides is 1. The Hall–Kier alpha value is -3.17. The molecule has 1 heterocycles. The van der Waals surface area contributed by atoms with Gasteiger partial charge in [0.2, 0.25) is 0 Å². The van der Waals surface area contributed by atoms with Crippen molar-refractivity contribution in [1.29, 1.82) is 0 Å². The SMILES string of the molecule is CC(C)NC(=O)c1ccccc1NC(=O)c1ccc(NS(=O)(=O)c2cccs2)cc1. The van der Waals surface area contributed by atoms with Crippen LogP contribution in [0, 0.1) is 0 Å². The number of hydrogen-bond donors (Lipinski definition) is 3. The molecular weight excluding hydrogens is 422 g/mol. The maximum absolute atomic E-state index is 12.6. The average molecular weight is 444 g/mol. The van der Waals surface area contributed by atoms with Crippen LogP contribution in [0.4, 0.5) is 11.4 Å². The van der Waals surface area contributed by atoms with E-state index in [-0.39, 0.29) is 16.2 Å². The Bertz CT molecular complexity index is 1140. The molecule has 0 spiro atoms. The highest BCUT2D eigenvalue weighted by Crippen LogP contribution is 2.21. The maximum Gasteiger partial charge on any atom is 0.271 e. The van der Waals surface area contributed by atoms with Gasteiger partial charge in [-0.05, 0) is 61.7 Å². The van der Waals surface area contributed by atoms with Gasteiger partial charge in [0.05, 0.1) is 11.3 Å². The van der Waals surface area contributed by atoms with Crippen molar-refractivity contribution in [1.82, 2.24) is 5.32 Å². The second-order valence-electron chi connectivity index (χ2n) is 6.74. The fourth-order valence-electron chi connectivity index (χ4n) is 2.64. The van der Waals surface area contributed by atoms with Gasteiger partial charge < -0.3 is 10.6 Å². The molecule has 156 valence electrons. The van der Waals surface area contributed by atoms with E-state index in [9.17, 15) is 18.0 Å². The van der Waals surface area contributed by atoms with Crippen molar-refractivity contribution in [2.45, 2.75) is 24.1 Å². The third-order valence-electron chi connectivity index (χ3n) is 4.00. The maximum atomic E-state index is 12.6. The summed E-state index contributed by atoms with van der Waals surface area (Å²) in [7, 11) is -3.65. The molecule has 3 aromatic rings. The number of hydrogen-bond acceptors (Lipinski definition) is 5. The molecule has 0 atom stereocenters. The number of carbonyl (C=O) groups excluding carboxylic acids is 2. The molecule has 3 N–H and O–H groups in total. The highest BCUT2D eigenvalue weighted by atomic mass is 32.2. The average Bonchev–Trinajstić information content (AvgIpc) is 3.24. The third kappa shape index (κ3) is 5.25. The Kier molecular flexibility index (Phi) is 6.53. The van der Waals surface area contributed by atoms with E-state index in [4.69, 9.17) is 0 Å². The van der Waals surface area contributed by atoms with Gasteiger partial charge in [0.15, 0.2) is 0 Å². The molecule has 30 heavy (non-hydrogen) atoms. The molecular formula is C21H21N3O4S2. The summed E-state index contributed by atoms with van der Waals surface area (Å²) < 4.78 is 27.3. The second kappa shape index (κ2) is 9.10. The second-order valence-corrected chi connectivity index (χ2v) is 9.60. The van der Waals surface area contributed by atoms with E-state index in [1.165, 1.54) is 30.3 Å². The summed E-state index contributed by atoms with van der Waals surface area (Å²) in [5.74, 6) is -0.688. The van der Waals surface area contributed by atoms with Gasteiger partial charge in [0.25, 0.3) is 21.8 Å². The Morgan fingerprint density at radius 2 is 1.60 bits per heavy atom. The molecule has 0 aliphatic rings. The summed E-state index contributed by atoms with van der Waals surface area (Å²) >= 11 is 1.12. The van der Waals surface area contributed by atoms with Crippen LogP contribution in [0.25, 0.3) is 0 Å². The van der Waals surface area contributed by atoms with Gasteiger partial charge >= 0.3 is 0 Å². The van der Waals surface area contributed by atoms with Gasteiger partial charge in [-0.2, -0.15) is 0 Å². The van der Waals surface area contributed by atoms with E-state index in [2.05, 4.69) is 15.4 Å². The van der Waals surface area contributed by atoms with Crippen LogP contribution in [0.2, 0.25) is 0 Å². The van der Waals surface area contributed by atoms with Crippen molar-refractivity contribution >= 4 is 44.5 Å². The molecule has 2 aromatic carbocycles. The minimum Gasteiger partial charge on any atom is -0.350 e. The zero-order chi connectivity index (χ0) is 21.7.